The van der Waals surface area contributed by atoms with Crippen LogP contribution in [0.25, 0.3) is 11.4 Å². The number of aromatic nitrogens is 5. The van der Waals surface area contributed by atoms with Crippen LogP contribution in [0.2, 0.25) is 0 Å². The van der Waals surface area contributed by atoms with Crippen LogP contribution < -0.4 is 15.6 Å². The summed E-state index contributed by atoms with van der Waals surface area (Å²) in [5.74, 6) is 1.12. The molecule has 3 aromatic rings. The van der Waals surface area contributed by atoms with Gasteiger partial charge >= 0.3 is 0 Å². The molecule has 5 rings (SSSR count). The minimum atomic E-state index is -0.488. The second-order valence-corrected chi connectivity index (χ2v) is 8.37. The number of methoxy groups -OCH3 is 1. The standard InChI is InChI=1S/C23H25N7O3/c1-33-23-16(3-2-7-25-23)22(32)28-19-13-29(12-15-4-5-15)9-10-30-20(31)11-18(27-21(19)30)17-6-8-24-14-26-17/h2-3,6-8,11,14-15,19H,4-5,9-10,12-13H2,1H3,(H,28,32). The molecule has 0 aromatic carbocycles. The summed E-state index contributed by atoms with van der Waals surface area (Å²) in [6.45, 7) is 2.75. The maximum absolute atomic E-state index is 13.2. The maximum atomic E-state index is 13.2. The van der Waals surface area contributed by atoms with E-state index in [-0.39, 0.29) is 17.3 Å². The van der Waals surface area contributed by atoms with Crippen molar-refractivity contribution < 1.29 is 9.53 Å². The lowest BCUT2D eigenvalue weighted by atomic mass is 10.2. The van der Waals surface area contributed by atoms with Crippen molar-refractivity contribution in [1.82, 2.24) is 34.7 Å². The number of carbonyl (C=O) groups is 1. The third kappa shape index (κ3) is 4.61. The summed E-state index contributed by atoms with van der Waals surface area (Å²) < 4.78 is 6.92. The van der Waals surface area contributed by atoms with Crippen molar-refractivity contribution in [1.29, 1.82) is 0 Å². The Kier molecular flexibility index (Phi) is 5.82. The van der Waals surface area contributed by atoms with Gasteiger partial charge in [-0.1, -0.05) is 0 Å². The van der Waals surface area contributed by atoms with Crippen molar-refractivity contribution in [2.75, 3.05) is 26.7 Å². The minimum absolute atomic E-state index is 0.167. The number of ether oxygens (including phenoxy) is 1. The van der Waals surface area contributed by atoms with Crippen LogP contribution in [0.4, 0.5) is 0 Å². The minimum Gasteiger partial charge on any atom is -0.480 e. The van der Waals surface area contributed by atoms with E-state index >= 15 is 0 Å². The smallest absolute Gasteiger partial charge is 0.257 e. The van der Waals surface area contributed by atoms with E-state index in [0.717, 1.165) is 13.1 Å². The van der Waals surface area contributed by atoms with Gasteiger partial charge in [-0.3, -0.25) is 19.1 Å². The first-order valence-electron chi connectivity index (χ1n) is 11.0. The van der Waals surface area contributed by atoms with Crippen molar-refractivity contribution in [3.8, 4) is 17.3 Å². The first kappa shape index (κ1) is 21.2. The fourth-order valence-electron chi connectivity index (χ4n) is 4.16. The van der Waals surface area contributed by atoms with Crippen LogP contribution in [0.5, 0.6) is 5.88 Å². The second kappa shape index (κ2) is 9.07. The molecule has 33 heavy (non-hydrogen) atoms. The topological polar surface area (TPSA) is 115 Å². The zero-order valence-corrected chi connectivity index (χ0v) is 18.3. The molecule has 1 fully saturated rings. The highest BCUT2D eigenvalue weighted by atomic mass is 16.5. The number of nitrogens with zero attached hydrogens (tertiary/aromatic N) is 6. The lowest BCUT2D eigenvalue weighted by Gasteiger charge is -2.24. The number of fused-ring (bicyclic) bond motifs is 1. The van der Waals surface area contributed by atoms with E-state index in [4.69, 9.17) is 9.72 Å². The Labute approximate surface area is 190 Å². The number of nitrogens with one attached hydrogen (secondary N) is 1. The van der Waals surface area contributed by atoms with E-state index in [1.165, 1.54) is 32.3 Å². The molecule has 1 atom stereocenters. The van der Waals surface area contributed by atoms with Gasteiger partial charge in [-0.05, 0) is 37.0 Å². The van der Waals surface area contributed by atoms with Gasteiger partial charge in [0.1, 0.15) is 23.8 Å². The molecule has 1 aliphatic heterocycles. The molecule has 1 N–H and O–H groups in total. The van der Waals surface area contributed by atoms with Crippen molar-refractivity contribution in [2.45, 2.75) is 25.4 Å². The molecule has 3 aromatic heterocycles. The van der Waals surface area contributed by atoms with Gasteiger partial charge in [0.25, 0.3) is 11.5 Å². The molecule has 1 amide bonds. The van der Waals surface area contributed by atoms with Crippen molar-refractivity contribution in [3.05, 3.63) is 64.7 Å². The third-order valence-corrected chi connectivity index (χ3v) is 6.00. The number of rotatable bonds is 6. The fraction of sp³-hybridized carbons (Fsp3) is 0.391. The summed E-state index contributed by atoms with van der Waals surface area (Å²) in [6, 6.07) is 6.07. The molecule has 0 saturated heterocycles. The number of pyridine rings is 1. The lowest BCUT2D eigenvalue weighted by molar-refractivity contribution is 0.0920. The summed E-state index contributed by atoms with van der Waals surface area (Å²) in [5, 5.41) is 3.08. The van der Waals surface area contributed by atoms with E-state index in [1.54, 1.807) is 35.2 Å². The zero-order chi connectivity index (χ0) is 22.8. The van der Waals surface area contributed by atoms with Crippen LogP contribution in [0.1, 0.15) is 35.1 Å². The van der Waals surface area contributed by atoms with Crippen LogP contribution in [0.15, 0.2) is 47.8 Å². The van der Waals surface area contributed by atoms with E-state index in [1.807, 2.05) is 0 Å². The van der Waals surface area contributed by atoms with Gasteiger partial charge in [-0.15, -0.1) is 0 Å². The summed E-state index contributed by atoms with van der Waals surface area (Å²) in [5.41, 5.74) is 1.19. The monoisotopic (exact) mass is 447 g/mol. The Hall–Kier alpha value is -3.66. The van der Waals surface area contributed by atoms with Crippen LogP contribution in [-0.2, 0) is 6.54 Å². The molecule has 10 nitrogen and oxygen atoms in total. The maximum Gasteiger partial charge on any atom is 0.257 e. The Morgan fingerprint density at radius 2 is 2.06 bits per heavy atom. The molecule has 170 valence electrons. The van der Waals surface area contributed by atoms with Crippen LogP contribution >= 0.6 is 0 Å². The van der Waals surface area contributed by atoms with Gasteiger partial charge in [0.2, 0.25) is 5.88 Å². The average Bonchev–Trinajstić information content (AvgIpc) is 3.68. The van der Waals surface area contributed by atoms with E-state index in [9.17, 15) is 9.59 Å². The highest BCUT2D eigenvalue weighted by molar-refractivity contribution is 5.96. The van der Waals surface area contributed by atoms with Crippen molar-refractivity contribution >= 4 is 5.91 Å². The molecule has 0 bridgehead atoms. The number of amides is 1. The molecular formula is C23H25N7O3. The quantitative estimate of drug-likeness (QED) is 0.601. The third-order valence-electron chi connectivity index (χ3n) is 6.00. The van der Waals surface area contributed by atoms with Gasteiger partial charge in [0.15, 0.2) is 0 Å². The first-order chi connectivity index (χ1) is 16.1. The highest BCUT2D eigenvalue weighted by Gasteiger charge is 2.31. The summed E-state index contributed by atoms with van der Waals surface area (Å²) in [4.78, 5) is 45.7. The fourth-order valence-corrected chi connectivity index (χ4v) is 4.16. The Morgan fingerprint density at radius 3 is 2.82 bits per heavy atom. The van der Waals surface area contributed by atoms with E-state index in [0.29, 0.717) is 41.8 Å². The SMILES string of the molecule is COc1ncccc1C(=O)NC1CN(CC2CC2)CCn2c1nc(-c1ccncn1)cc2=O. The molecule has 10 heteroatoms. The summed E-state index contributed by atoms with van der Waals surface area (Å²) in [6.07, 6.45) is 7.06. The first-order valence-corrected chi connectivity index (χ1v) is 11.0. The van der Waals surface area contributed by atoms with Crippen molar-refractivity contribution in [3.63, 3.8) is 0 Å². The molecule has 1 unspecified atom stereocenters. The predicted octanol–water partition coefficient (Wildman–Crippen LogP) is 1.30. The second-order valence-electron chi connectivity index (χ2n) is 8.37. The Balaban J connectivity index is 1.53. The highest BCUT2D eigenvalue weighted by Crippen LogP contribution is 2.31. The van der Waals surface area contributed by atoms with Gasteiger partial charge in [-0.25, -0.2) is 19.9 Å². The van der Waals surface area contributed by atoms with E-state index < -0.39 is 6.04 Å². The molecule has 4 heterocycles. The lowest BCUT2D eigenvalue weighted by Crippen LogP contribution is -2.39. The normalized spacial score (nSPS) is 18.3. The van der Waals surface area contributed by atoms with Crippen LogP contribution in [0, 0.1) is 5.92 Å². The molecule has 1 aliphatic carbocycles. The molecule has 0 radical (unpaired) electrons. The van der Waals surface area contributed by atoms with Crippen LogP contribution in [-0.4, -0.2) is 62.1 Å². The van der Waals surface area contributed by atoms with E-state index in [2.05, 4.69) is 25.2 Å². The molecule has 2 aliphatic rings. The van der Waals surface area contributed by atoms with Gasteiger partial charge in [0, 0.05) is 44.6 Å². The Morgan fingerprint density at radius 1 is 1.18 bits per heavy atom. The Bertz CT molecular complexity index is 1210. The average molecular weight is 447 g/mol. The number of hydrogen-bond acceptors (Lipinski definition) is 8. The van der Waals surface area contributed by atoms with Crippen LogP contribution in [0.3, 0.4) is 0 Å². The number of carbonyl (C=O) groups excluding carboxylic acids is 1. The van der Waals surface area contributed by atoms with Gasteiger partial charge < -0.3 is 10.1 Å². The molecule has 1 saturated carbocycles. The summed E-state index contributed by atoms with van der Waals surface area (Å²) in [7, 11) is 1.48. The van der Waals surface area contributed by atoms with Crippen molar-refractivity contribution in [2.24, 2.45) is 5.92 Å². The largest absolute Gasteiger partial charge is 0.480 e. The summed E-state index contributed by atoms with van der Waals surface area (Å²) >= 11 is 0. The molecular weight excluding hydrogens is 422 g/mol. The van der Waals surface area contributed by atoms with Gasteiger partial charge in [0.05, 0.1) is 18.5 Å². The van der Waals surface area contributed by atoms with Gasteiger partial charge in [-0.2, -0.15) is 0 Å². The molecule has 0 spiro atoms. The predicted molar refractivity (Wildman–Crippen MR) is 120 cm³/mol. The number of hydrogen-bond donors (Lipinski definition) is 1. The zero-order valence-electron chi connectivity index (χ0n) is 18.3.